The van der Waals surface area contributed by atoms with Crippen molar-refractivity contribution in [1.82, 2.24) is 4.98 Å². The van der Waals surface area contributed by atoms with E-state index in [0.717, 1.165) is 29.9 Å². The number of aromatic nitrogens is 1. The molecule has 0 aliphatic carbocycles. The predicted molar refractivity (Wildman–Crippen MR) is 121 cm³/mol. The van der Waals surface area contributed by atoms with Crippen LogP contribution in [-0.2, 0) is 21.1 Å². The Labute approximate surface area is 190 Å². The molecule has 1 aromatic heterocycles. The van der Waals surface area contributed by atoms with E-state index in [-0.39, 0.29) is 21.0 Å². The number of fused-ring (bicyclic) bond motifs is 1. The van der Waals surface area contributed by atoms with Crippen molar-refractivity contribution in [3.05, 3.63) is 76.7 Å². The molecule has 2 aromatic carbocycles. The van der Waals surface area contributed by atoms with Gasteiger partial charge in [0.15, 0.2) is 0 Å². The lowest BCUT2D eigenvalue weighted by molar-refractivity contribution is -0.135. The lowest BCUT2D eigenvalue weighted by Gasteiger charge is -2.10. The molecule has 170 valence electrons. The Morgan fingerprint density at radius 2 is 1.97 bits per heavy atom. The summed E-state index contributed by atoms with van der Waals surface area (Å²) in [7, 11) is -4.33. The standard InChI is InChI=1S/C24H22FN3O4S/c1-3-15-5-4-6-16(11-15)28-21-10-7-17(13-26-21)33(31,32)24-19(25)8-9-20-23(24)18(12-22(29)30)14(2)27-20/h4-11,13-14H,3,12H2,1-2H3,(H,26,28)(H,29,30). The summed E-state index contributed by atoms with van der Waals surface area (Å²) in [6, 6.07) is 12.5. The molecule has 2 N–H and O–H groups in total. The fraction of sp³-hybridized carbons (Fsp3) is 0.208. The van der Waals surface area contributed by atoms with Crippen molar-refractivity contribution >= 4 is 32.9 Å². The monoisotopic (exact) mass is 467 g/mol. The number of nitrogens with one attached hydrogen (secondary N) is 1. The van der Waals surface area contributed by atoms with Gasteiger partial charge in [0, 0.05) is 17.1 Å². The summed E-state index contributed by atoms with van der Waals surface area (Å²) in [5, 5.41) is 12.7. The zero-order valence-corrected chi connectivity index (χ0v) is 18.9. The van der Waals surface area contributed by atoms with E-state index in [9.17, 15) is 22.7 Å². The number of nitrogens with zero attached hydrogens (tertiary/aromatic N) is 2. The molecule has 33 heavy (non-hydrogen) atoms. The third-order valence-corrected chi connectivity index (χ3v) is 7.31. The zero-order valence-electron chi connectivity index (χ0n) is 18.0. The summed E-state index contributed by atoms with van der Waals surface area (Å²) in [5.74, 6) is -1.67. The number of anilines is 2. The van der Waals surface area contributed by atoms with Crippen LogP contribution in [0.5, 0.6) is 0 Å². The van der Waals surface area contributed by atoms with E-state index >= 15 is 0 Å². The normalized spacial score (nSPS) is 15.1. The first-order chi connectivity index (χ1) is 15.7. The number of benzene rings is 2. The van der Waals surface area contributed by atoms with Crippen LogP contribution in [0.3, 0.4) is 0 Å². The molecule has 1 aliphatic heterocycles. The number of halogens is 1. The van der Waals surface area contributed by atoms with E-state index < -0.39 is 39.0 Å². The first-order valence-corrected chi connectivity index (χ1v) is 11.9. The minimum atomic E-state index is -4.33. The Bertz CT molecular complexity index is 1470. The number of aliphatic carboxylic acids is 1. The van der Waals surface area contributed by atoms with Gasteiger partial charge < -0.3 is 10.4 Å². The highest BCUT2D eigenvalue weighted by Gasteiger charge is 2.29. The van der Waals surface area contributed by atoms with Gasteiger partial charge in [-0.05, 0) is 60.9 Å². The van der Waals surface area contributed by atoms with Gasteiger partial charge in [0.25, 0.3) is 0 Å². The van der Waals surface area contributed by atoms with Gasteiger partial charge in [0.1, 0.15) is 16.5 Å². The fourth-order valence-corrected chi connectivity index (χ4v) is 5.37. The molecule has 3 aromatic rings. The molecule has 4 rings (SSSR count). The summed E-state index contributed by atoms with van der Waals surface area (Å²) in [5.41, 5.74) is 2.21. The molecule has 0 spiro atoms. The maximum absolute atomic E-state index is 14.9. The zero-order chi connectivity index (χ0) is 23.8. The number of hydrogen-bond acceptors (Lipinski definition) is 6. The van der Waals surface area contributed by atoms with Gasteiger partial charge in [-0.3, -0.25) is 9.79 Å². The van der Waals surface area contributed by atoms with Gasteiger partial charge in [-0.15, -0.1) is 0 Å². The molecule has 1 unspecified atom stereocenters. The third kappa shape index (κ3) is 4.36. The second-order valence-corrected chi connectivity index (χ2v) is 9.62. The molecular formula is C24H22FN3O4S. The second-order valence-electron chi connectivity index (χ2n) is 7.73. The number of pyridine rings is 1. The van der Waals surface area contributed by atoms with Gasteiger partial charge in [0.2, 0.25) is 9.84 Å². The molecule has 0 bridgehead atoms. The maximum Gasteiger partial charge on any atom is 0.307 e. The lowest BCUT2D eigenvalue weighted by atomic mass is 10.0. The first-order valence-electron chi connectivity index (χ1n) is 10.4. The largest absolute Gasteiger partial charge is 0.481 e. The van der Waals surface area contributed by atoms with Gasteiger partial charge in [-0.2, -0.15) is 0 Å². The van der Waals surface area contributed by atoms with Crippen molar-refractivity contribution in [3.8, 4) is 0 Å². The highest BCUT2D eigenvalue weighted by molar-refractivity contribution is 7.91. The molecule has 0 amide bonds. The van der Waals surface area contributed by atoms with Crippen LogP contribution < -0.4 is 15.9 Å². The molecule has 0 saturated heterocycles. The minimum absolute atomic E-state index is 0.0310. The Kier molecular flexibility index (Phi) is 5.99. The second kappa shape index (κ2) is 8.74. The van der Waals surface area contributed by atoms with Crippen LogP contribution in [0.4, 0.5) is 15.9 Å². The predicted octanol–water partition coefficient (Wildman–Crippen LogP) is 3.01. The van der Waals surface area contributed by atoms with Crippen molar-refractivity contribution in [2.75, 3.05) is 5.32 Å². The first kappa shape index (κ1) is 22.6. The van der Waals surface area contributed by atoms with Crippen LogP contribution in [0.25, 0.3) is 5.57 Å². The highest BCUT2D eigenvalue weighted by atomic mass is 32.2. The molecule has 1 aliphatic rings. The Morgan fingerprint density at radius 3 is 2.64 bits per heavy atom. The van der Waals surface area contributed by atoms with Crippen LogP contribution in [0.1, 0.15) is 25.8 Å². The number of carboxylic acids is 1. The number of hydrogen-bond donors (Lipinski definition) is 2. The summed E-state index contributed by atoms with van der Waals surface area (Å²) >= 11 is 0. The van der Waals surface area contributed by atoms with Crippen molar-refractivity contribution in [1.29, 1.82) is 0 Å². The van der Waals surface area contributed by atoms with E-state index in [4.69, 9.17) is 0 Å². The Hall–Kier alpha value is -3.59. The van der Waals surface area contributed by atoms with E-state index in [2.05, 4.69) is 15.3 Å². The van der Waals surface area contributed by atoms with Crippen molar-refractivity contribution in [3.63, 3.8) is 0 Å². The van der Waals surface area contributed by atoms with Crippen LogP contribution in [0.2, 0.25) is 0 Å². The summed E-state index contributed by atoms with van der Waals surface area (Å²) < 4.78 is 41.7. The topological polar surface area (TPSA) is 109 Å². The van der Waals surface area contributed by atoms with E-state index in [0.29, 0.717) is 5.82 Å². The maximum atomic E-state index is 14.9. The number of carbonyl (C=O) groups is 1. The fourth-order valence-electron chi connectivity index (χ4n) is 3.87. The lowest BCUT2D eigenvalue weighted by Crippen LogP contribution is -2.32. The van der Waals surface area contributed by atoms with Gasteiger partial charge >= 0.3 is 5.97 Å². The third-order valence-electron chi connectivity index (χ3n) is 5.51. The van der Waals surface area contributed by atoms with E-state index in [1.165, 1.54) is 18.2 Å². The summed E-state index contributed by atoms with van der Waals surface area (Å²) in [6.07, 6.45) is 1.60. The number of carboxylic acid groups (broad SMARTS) is 1. The average molecular weight is 468 g/mol. The van der Waals surface area contributed by atoms with Crippen LogP contribution in [0, 0.1) is 5.82 Å². The number of rotatable bonds is 7. The van der Waals surface area contributed by atoms with Crippen LogP contribution in [-0.4, -0.2) is 30.5 Å². The minimum Gasteiger partial charge on any atom is -0.481 e. The quantitative estimate of drug-likeness (QED) is 0.553. The molecule has 0 saturated carbocycles. The molecular weight excluding hydrogens is 445 g/mol. The molecule has 0 radical (unpaired) electrons. The summed E-state index contributed by atoms with van der Waals surface area (Å²) in [4.78, 5) is 19.1. The Morgan fingerprint density at radius 1 is 1.18 bits per heavy atom. The number of sulfone groups is 1. The summed E-state index contributed by atoms with van der Waals surface area (Å²) in [6.45, 7) is 3.70. The van der Waals surface area contributed by atoms with Crippen molar-refractivity contribution < 1.29 is 22.7 Å². The Balaban J connectivity index is 1.76. The van der Waals surface area contributed by atoms with Crippen molar-refractivity contribution in [2.45, 2.75) is 42.5 Å². The molecule has 7 nitrogen and oxygen atoms in total. The average Bonchev–Trinajstić information content (AvgIpc) is 3.08. The van der Waals surface area contributed by atoms with Crippen LogP contribution in [0.15, 0.2) is 69.5 Å². The SMILES string of the molecule is CCc1cccc(Nc2ccc(S(=O)(=O)c3c(F)ccc4c3=C(CC(=O)O)C(C)N=4)cn2)c1. The van der Waals surface area contributed by atoms with Gasteiger partial charge in [-0.1, -0.05) is 19.1 Å². The van der Waals surface area contributed by atoms with Gasteiger partial charge in [-0.25, -0.2) is 17.8 Å². The van der Waals surface area contributed by atoms with Crippen molar-refractivity contribution in [2.24, 2.45) is 4.99 Å². The smallest absolute Gasteiger partial charge is 0.307 e. The van der Waals surface area contributed by atoms with E-state index in [1.807, 2.05) is 31.2 Å². The molecule has 9 heteroatoms. The molecule has 2 heterocycles. The highest BCUT2D eigenvalue weighted by Crippen LogP contribution is 2.24. The van der Waals surface area contributed by atoms with Gasteiger partial charge in [0.05, 0.1) is 22.7 Å². The number of aryl methyl sites for hydroxylation is 1. The molecule has 0 fully saturated rings. The van der Waals surface area contributed by atoms with Crippen LogP contribution >= 0.6 is 0 Å². The molecule has 1 atom stereocenters. The van der Waals surface area contributed by atoms with E-state index in [1.54, 1.807) is 6.92 Å².